The van der Waals surface area contributed by atoms with Crippen molar-refractivity contribution in [3.63, 3.8) is 0 Å². The average Bonchev–Trinajstić information content (AvgIpc) is 2.27. The first-order valence-corrected chi connectivity index (χ1v) is 6.42. The van der Waals surface area contributed by atoms with Crippen LogP contribution in [0.3, 0.4) is 0 Å². The Labute approximate surface area is 94.1 Å². The Morgan fingerprint density at radius 2 is 2.07 bits per heavy atom. The van der Waals surface area contributed by atoms with Crippen LogP contribution < -0.4 is 5.32 Å². The largest absolute Gasteiger partial charge is 0.459 e. The third-order valence-electron chi connectivity index (χ3n) is 2.35. The molecule has 0 atom stereocenters. The van der Waals surface area contributed by atoms with Crippen molar-refractivity contribution in [2.75, 3.05) is 24.7 Å². The summed E-state index contributed by atoms with van der Waals surface area (Å²) in [5, 5.41) is 2.61. The normalized spacial score (nSPS) is 17.1. The summed E-state index contributed by atoms with van der Waals surface area (Å²) < 4.78 is 4.59. The highest BCUT2D eigenvalue weighted by Gasteiger charge is 2.18. The molecular weight excluding hydrogens is 214 g/mol. The number of hydrogen-bond acceptors (Lipinski definition) is 4. The van der Waals surface area contributed by atoms with Gasteiger partial charge in [-0.1, -0.05) is 0 Å². The first kappa shape index (κ1) is 12.4. The fourth-order valence-electron chi connectivity index (χ4n) is 1.46. The minimum Gasteiger partial charge on any atom is -0.459 e. The maximum absolute atomic E-state index is 11.2. The highest BCUT2D eigenvalue weighted by molar-refractivity contribution is 7.99. The lowest BCUT2D eigenvalue weighted by atomic mass is 10.0. The minimum atomic E-state index is -0.775. The summed E-state index contributed by atoms with van der Waals surface area (Å²) in [6.45, 7) is 2.52. The lowest BCUT2D eigenvalue weighted by Crippen LogP contribution is -2.36. The zero-order valence-electron chi connectivity index (χ0n) is 8.95. The number of nitrogens with one attached hydrogen (secondary N) is 1. The van der Waals surface area contributed by atoms with Gasteiger partial charge in [-0.05, 0) is 37.2 Å². The molecule has 0 aromatic rings. The predicted molar refractivity (Wildman–Crippen MR) is 59.7 cm³/mol. The van der Waals surface area contributed by atoms with Crippen LogP contribution in [0.5, 0.6) is 0 Å². The summed E-state index contributed by atoms with van der Waals surface area (Å²) >= 11 is 1.94. The molecule has 1 aliphatic rings. The van der Waals surface area contributed by atoms with Gasteiger partial charge in [-0.2, -0.15) is 11.8 Å². The molecule has 1 rings (SSSR count). The van der Waals surface area contributed by atoms with Crippen LogP contribution in [0.25, 0.3) is 0 Å². The van der Waals surface area contributed by atoms with Gasteiger partial charge in [0.15, 0.2) is 0 Å². The van der Waals surface area contributed by atoms with Crippen molar-refractivity contribution in [3.8, 4) is 0 Å². The lowest BCUT2D eigenvalue weighted by molar-refractivity contribution is -0.154. The van der Waals surface area contributed by atoms with Gasteiger partial charge in [0.05, 0.1) is 6.61 Å². The van der Waals surface area contributed by atoms with E-state index in [9.17, 15) is 9.59 Å². The van der Waals surface area contributed by atoms with Gasteiger partial charge >= 0.3 is 11.9 Å². The van der Waals surface area contributed by atoms with Crippen molar-refractivity contribution in [1.29, 1.82) is 0 Å². The maximum atomic E-state index is 11.2. The Balaban J connectivity index is 2.17. The van der Waals surface area contributed by atoms with Crippen LogP contribution in [-0.2, 0) is 14.3 Å². The number of ether oxygens (including phenoxy) is 1. The monoisotopic (exact) mass is 231 g/mol. The molecule has 5 heteroatoms. The molecule has 0 aromatic carbocycles. The molecule has 0 saturated carbocycles. The van der Waals surface area contributed by atoms with Gasteiger partial charge in [0.1, 0.15) is 0 Å². The molecule has 1 amide bonds. The quantitative estimate of drug-likeness (QED) is 0.577. The number of thioether (sulfide) groups is 1. The first-order chi connectivity index (χ1) is 7.24. The first-order valence-electron chi connectivity index (χ1n) is 5.26. The molecule has 0 unspecified atom stereocenters. The third-order valence-corrected chi connectivity index (χ3v) is 3.40. The number of esters is 1. The van der Waals surface area contributed by atoms with Gasteiger partial charge in [0.25, 0.3) is 0 Å². The second kappa shape index (κ2) is 6.71. The van der Waals surface area contributed by atoms with Crippen LogP contribution in [0, 0.1) is 5.92 Å². The van der Waals surface area contributed by atoms with Crippen LogP contribution in [0.15, 0.2) is 0 Å². The van der Waals surface area contributed by atoms with Gasteiger partial charge in [0.2, 0.25) is 0 Å². The number of rotatable bonds is 3. The zero-order chi connectivity index (χ0) is 11.1. The molecule has 0 radical (unpaired) electrons. The van der Waals surface area contributed by atoms with Crippen molar-refractivity contribution in [1.82, 2.24) is 5.32 Å². The van der Waals surface area contributed by atoms with E-state index in [2.05, 4.69) is 10.1 Å². The van der Waals surface area contributed by atoms with E-state index < -0.39 is 11.9 Å². The molecule has 1 aliphatic heterocycles. The van der Waals surface area contributed by atoms with Crippen LogP contribution in [0.2, 0.25) is 0 Å². The van der Waals surface area contributed by atoms with E-state index in [0.29, 0.717) is 12.5 Å². The number of carbonyl (C=O) groups excluding carboxylic acids is 2. The minimum absolute atomic E-state index is 0.242. The second-order valence-corrected chi connectivity index (χ2v) is 4.71. The Morgan fingerprint density at radius 1 is 1.40 bits per heavy atom. The van der Waals surface area contributed by atoms with E-state index >= 15 is 0 Å². The second-order valence-electron chi connectivity index (χ2n) is 3.49. The lowest BCUT2D eigenvalue weighted by Gasteiger charge is -2.21. The molecule has 1 fully saturated rings. The summed E-state index contributed by atoms with van der Waals surface area (Å²) in [5.74, 6) is 1.43. The van der Waals surface area contributed by atoms with Crippen molar-refractivity contribution >= 4 is 23.6 Å². The van der Waals surface area contributed by atoms with Crippen molar-refractivity contribution in [2.45, 2.75) is 19.8 Å². The van der Waals surface area contributed by atoms with Crippen LogP contribution in [-0.4, -0.2) is 36.5 Å². The van der Waals surface area contributed by atoms with Crippen molar-refractivity contribution < 1.29 is 14.3 Å². The molecule has 0 bridgehead atoms. The molecule has 1 heterocycles. The van der Waals surface area contributed by atoms with E-state index in [1.807, 2.05) is 11.8 Å². The van der Waals surface area contributed by atoms with Gasteiger partial charge in [-0.3, -0.25) is 4.79 Å². The topological polar surface area (TPSA) is 55.4 Å². The van der Waals surface area contributed by atoms with Gasteiger partial charge < -0.3 is 10.1 Å². The number of amides is 1. The number of carbonyl (C=O) groups is 2. The summed E-state index contributed by atoms with van der Waals surface area (Å²) in [6, 6.07) is 0. The molecule has 1 saturated heterocycles. The van der Waals surface area contributed by atoms with E-state index in [1.54, 1.807) is 6.92 Å². The molecule has 0 aliphatic carbocycles. The Hall–Kier alpha value is -0.710. The average molecular weight is 231 g/mol. The summed E-state index contributed by atoms with van der Waals surface area (Å²) in [6.07, 6.45) is 2.24. The summed E-state index contributed by atoms with van der Waals surface area (Å²) in [7, 11) is 0. The van der Waals surface area contributed by atoms with E-state index in [-0.39, 0.29) is 6.61 Å². The van der Waals surface area contributed by atoms with Gasteiger partial charge in [-0.25, -0.2) is 4.79 Å². The summed E-state index contributed by atoms with van der Waals surface area (Å²) in [4.78, 5) is 22.2. The Bertz CT molecular complexity index is 227. The fourth-order valence-corrected chi connectivity index (χ4v) is 2.66. The smallest absolute Gasteiger partial charge is 0.396 e. The molecule has 0 spiro atoms. The van der Waals surface area contributed by atoms with Crippen LogP contribution in [0.1, 0.15) is 19.8 Å². The van der Waals surface area contributed by atoms with Gasteiger partial charge in [0, 0.05) is 6.54 Å². The van der Waals surface area contributed by atoms with E-state index in [0.717, 1.165) is 24.3 Å². The van der Waals surface area contributed by atoms with E-state index in [1.165, 1.54) is 0 Å². The predicted octanol–water partition coefficient (Wildman–Crippen LogP) is 0.809. The maximum Gasteiger partial charge on any atom is 0.396 e. The Morgan fingerprint density at radius 3 is 2.67 bits per heavy atom. The standard InChI is InChI=1S/C10H17NO3S/c1-2-14-10(13)9(12)11-7-8-3-5-15-6-4-8/h8H,2-7H2,1H3,(H,11,12). The highest BCUT2D eigenvalue weighted by atomic mass is 32.2. The van der Waals surface area contributed by atoms with Crippen molar-refractivity contribution in [2.24, 2.45) is 5.92 Å². The SMILES string of the molecule is CCOC(=O)C(=O)NCC1CCSCC1. The number of hydrogen-bond donors (Lipinski definition) is 1. The Kier molecular flexibility index (Phi) is 5.53. The van der Waals surface area contributed by atoms with E-state index in [4.69, 9.17) is 0 Å². The van der Waals surface area contributed by atoms with Crippen LogP contribution in [0.4, 0.5) is 0 Å². The third kappa shape index (κ3) is 4.55. The highest BCUT2D eigenvalue weighted by Crippen LogP contribution is 2.21. The molecule has 86 valence electrons. The molecule has 4 nitrogen and oxygen atoms in total. The van der Waals surface area contributed by atoms with Crippen LogP contribution >= 0.6 is 11.8 Å². The molecule has 0 aromatic heterocycles. The van der Waals surface area contributed by atoms with Gasteiger partial charge in [-0.15, -0.1) is 0 Å². The molecule has 15 heavy (non-hydrogen) atoms. The summed E-state index contributed by atoms with van der Waals surface area (Å²) in [5.41, 5.74) is 0. The van der Waals surface area contributed by atoms with Crippen molar-refractivity contribution in [3.05, 3.63) is 0 Å². The molecule has 1 N–H and O–H groups in total. The fraction of sp³-hybridized carbons (Fsp3) is 0.800. The zero-order valence-corrected chi connectivity index (χ0v) is 9.77. The molecular formula is C10H17NO3S.